The summed E-state index contributed by atoms with van der Waals surface area (Å²) in [6, 6.07) is 8.01. The van der Waals surface area contributed by atoms with E-state index in [2.05, 4.69) is 10.6 Å². The van der Waals surface area contributed by atoms with Crippen LogP contribution in [0.25, 0.3) is 0 Å². The van der Waals surface area contributed by atoms with Crippen LogP contribution in [0.2, 0.25) is 0 Å². The van der Waals surface area contributed by atoms with E-state index in [0.717, 1.165) is 25.3 Å². The molecule has 0 fully saturated rings. The van der Waals surface area contributed by atoms with E-state index >= 15 is 0 Å². The zero-order valence-corrected chi connectivity index (χ0v) is 14.1. The van der Waals surface area contributed by atoms with Crippen molar-refractivity contribution in [1.29, 1.82) is 0 Å². The Bertz CT molecular complexity index is 455. The normalized spacial score (nSPS) is 11.1. The Balaban J connectivity index is 1.97. The minimum absolute atomic E-state index is 0.365. The number of hydrogen-bond acceptors (Lipinski definition) is 4. The van der Waals surface area contributed by atoms with Gasteiger partial charge in [-0.2, -0.15) is 0 Å². The molecule has 1 aromatic carbocycles. The second-order valence-corrected chi connectivity index (χ2v) is 6.20. The minimum atomic E-state index is -0.449. The van der Waals surface area contributed by atoms with Crippen LogP contribution in [0, 0.1) is 6.92 Å². The largest absolute Gasteiger partial charge is 0.492 e. The lowest BCUT2D eigenvalue weighted by atomic mass is 10.2. The van der Waals surface area contributed by atoms with Crippen molar-refractivity contribution in [3.63, 3.8) is 0 Å². The van der Waals surface area contributed by atoms with E-state index in [-0.39, 0.29) is 6.09 Å². The molecule has 0 spiro atoms. The van der Waals surface area contributed by atoms with Crippen LogP contribution in [0.5, 0.6) is 5.75 Å². The van der Waals surface area contributed by atoms with Gasteiger partial charge in [0.15, 0.2) is 0 Å². The Morgan fingerprint density at radius 2 is 1.95 bits per heavy atom. The average Bonchev–Trinajstić information content (AvgIpc) is 2.40. The van der Waals surface area contributed by atoms with Crippen molar-refractivity contribution in [1.82, 2.24) is 10.6 Å². The van der Waals surface area contributed by atoms with Crippen LogP contribution in [-0.2, 0) is 4.74 Å². The van der Waals surface area contributed by atoms with Crippen molar-refractivity contribution in [3.05, 3.63) is 29.8 Å². The molecule has 0 atom stereocenters. The molecule has 5 nitrogen and oxygen atoms in total. The van der Waals surface area contributed by atoms with E-state index in [0.29, 0.717) is 13.2 Å². The fraction of sp³-hybridized carbons (Fsp3) is 0.588. The number of rotatable bonds is 8. The molecule has 1 amide bonds. The number of benzene rings is 1. The van der Waals surface area contributed by atoms with Crippen molar-refractivity contribution in [2.45, 2.75) is 39.7 Å². The van der Waals surface area contributed by atoms with Crippen molar-refractivity contribution < 1.29 is 14.3 Å². The van der Waals surface area contributed by atoms with E-state index in [1.54, 1.807) is 0 Å². The summed E-state index contributed by atoms with van der Waals surface area (Å²) in [4.78, 5) is 11.4. The second-order valence-electron chi connectivity index (χ2n) is 6.20. The molecule has 124 valence electrons. The highest BCUT2D eigenvalue weighted by atomic mass is 16.6. The van der Waals surface area contributed by atoms with E-state index in [4.69, 9.17) is 9.47 Å². The molecule has 0 saturated carbocycles. The maximum Gasteiger partial charge on any atom is 0.407 e. The number of ether oxygens (including phenoxy) is 2. The molecule has 0 bridgehead atoms. The molecule has 0 saturated heterocycles. The molecule has 0 aromatic heterocycles. The zero-order valence-electron chi connectivity index (χ0n) is 14.1. The summed E-state index contributed by atoms with van der Waals surface area (Å²) in [5, 5.41) is 6.00. The van der Waals surface area contributed by atoms with Crippen molar-refractivity contribution in [3.8, 4) is 5.75 Å². The standard InChI is InChI=1S/C17H28N2O3/c1-14-7-5-8-15(13-14)21-12-11-18-9-6-10-19-16(20)22-17(2,3)4/h5,7-8,13,18H,6,9-12H2,1-4H3,(H,19,20). The van der Waals surface area contributed by atoms with Crippen molar-refractivity contribution in [2.75, 3.05) is 26.2 Å². The monoisotopic (exact) mass is 308 g/mol. The van der Waals surface area contributed by atoms with Gasteiger partial charge in [-0.15, -0.1) is 0 Å². The van der Waals surface area contributed by atoms with Gasteiger partial charge in [-0.1, -0.05) is 12.1 Å². The van der Waals surface area contributed by atoms with E-state index in [1.807, 2.05) is 52.0 Å². The van der Waals surface area contributed by atoms with Crippen LogP contribution >= 0.6 is 0 Å². The fourth-order valence-corrected chi connectivity index (χ4v) is 1.79. The first-order valence-electron chi connectivity index (χ1n) is 7.74. The molecule has 5 heteroatoms. The van der Waals surface area contributed by atoms with Crippen molar-refractivity contribution in [2.24, 2.45) is 0 Å². The molecule has 0 radical (unpaired) electrons. The third kappa shape index (κ3) is 9.23. The van der Waals surface area contributed by atoms with Crippen molar-refractivity contribution >= 4 is 6.09 Å². The van der Waals surface area contributed by atoms with Gasteiger partial charge < -0.3 is 20.1 Å². The van der Waals surface area contributed by atoms with E-state index in [9.17, 15) is 4.79 Å². The van der Waals surface area contributed by atoms with Gasteiger partial charge in [0.2, 0.25) is 0 Å². The Morgan fingerprint density at radius 1 is 1.18 bits per heavy atom. The van der Waals surface area contributed by atoms with Gasteiger partial charge in [0, 0.05) is 13.1 Å². The van der Waals surface area contributed by atoms with Gasteiger partial charge in [-0.05, 0) is 58.4 Å². The molecular formula is C17H28N2O3. The quantitative estimate of drug-likeness (QED) is 0.725. The molecule has 0 aliphatic rings. The van der Waals surface area contributed by atoms with Crippen LogP contribution in [-0.4, -0.2) is 37.9 Å². The molecule has 0 unspecified atom stereocenters. The second kappa shape index (κ2) is 9.30. The Morgan fingerprint density at radius 3 is 2.64 bits per heavy atom. The Labute approximate surface area is 133 Å². The lowest BCUT2D eigenvalue weighted by molar-refractivity contribution is 0.0527. The van der Waals surface area contributed by atoms with Crippen LogP contribution in [0.4, 0.5) is 4.79 Å². The number of carbonyl (C=O) groups excluding carboxylic acids is 1. The van der Waals surface area contributed by atoms with Gasteiger partial charge in [0.25, 0.3) is 0 Å². The summed E-state index contributed by atoms with van der Waals surface area (Å²) >= 11 is 0. The molecule has 1 aromatic rings. The summed E-state index contributed by atoms with van der Waals surface area (Å²) in [6.07, 6.45) is 0.485. The maximum atomic E-state index is 11.4. The number of aryl methyl sites for hydroxylation is 1. The van der Waals surface area contributed by atoms with Gasteiger partial charge in [-0.3, -0.25) is 0 Å². The first-order chi connectivity index (χ1) is 10.4. The predicted octanol–water partition coefficient (Wildman–Crippen LogP) is 2.88. The summed E-state index contributed by atoms with van der Waals surface area (Å²) in [5.74, 6) is 0.897. The lowest BCUT2D eigenvalue weighted by Gasteiger charge is -2.19. The van der Waals surface area contributed by atoms with Crippen LogP contribution in [0.3, 0.4) is 0 Å². The number of carbonyl (C=O) groups is 1. The highest BCUT2D eigenvalue weighted by Gasteiger charge is 2.15. The molecule has 0 aliphatic carbocycles. The number of amides is 1. The minimum Gasteiger partial charge on any atom is -0.492 e. The molecule has 0 aliphatic heterocycles. The molecule has 22 heavy (non-hydrogen) atoms. The van der Waals surface area contributed by atoms with Gasteiger partial charge in [-0.25, -0.2) is 4.79 Å². The first kappa shape index (κ1) is 18.3. The highest BCUT2D eigenvalue weighted by molar-refractivity contribution is 5.67. The maximum absolute atomic E-state index is 11.4. The van der Waals surface area contributed by atoms with Gasteiger partial charge >= 0.3 is 6.09 Å². The van der Waals surface area contributed by atoms with E-state index in [1.165, 1.54) is 5.56 Å². The highest BCUT2D eigenvalue weighted by Crippen LogP contribution is 2.11. The fourth-order valence-electron chi connectivity index (χ4n) is 1.79. The molecule has 2 N–H and O–H groups in total. The number of hydrogen-bond donors (Lipinski definition) is 2. The summed E-state index contributed by atoms with van der Waals surface area (Å²) < 4.78 is 10.8. The lowest BCUT2D eigenvalue weighted by Crippen LogP contribution is -2.34. The predicted molar refractivity (Wildman–Crippen MR) is 88.4 cm³/mol. The van der Waals surface area contributed by atoms with E-state index < -0.39 is 5.60 Å². The number of nitrogens with one attached hydrogen (secondary N) is 2. The first-order valence-corrected chi connectivity index (χ1v) is 7.74. The zero-order chi connectivity index (χ0) is 16.4. The summed E-state index contributed by atoms with van der Waals surface area (Å²) in [7, 11) is 0. The van der Waals surface area contributed by atoms with Crippen LogP contribution in [0.1, 0.15) is 32.8 Å². The molecular weight excluding hydrogens is 280 g/mol. The van der Waals surface area contributed by atoms with Crippen LogP contribution in [0.15, 0.2) is 24.3 Å². The topological polar surface area (TPSA) is 59.6 Å². The Hall–Kier alpha value is -1.75. The third-order valence-corrected chi connectivity index (χ3v) is 2.74. The van der Waals surface area contributed by atoms with Crippen LogP contribution < -0.4 is 15.4 Å². The van der Waals surface area contributed by atoms with Gasteiger partial charge in [0.1, 0.15) is 18.0 Å². The SMILES string of the molecule is Cc1cccc(OCCNCCCNC(=O)OC(C)(C)C)c1. The average molecular weight is 308 g/mol. The Kier molecular flexibility index (Phi) is 7.74. The van der Waals surface area contributed by atoms with Gasteiger partial charge in [0.05, 0.1) is 0 Å². The molecule has 0 heterocycles. The summed E-state index contributed by atoms with van der Waals surface area (Å²) in [6.45, 7) is 10.4. The smallest absolute Gasteiger partial charge is 0.407 e. The third-order valence-electron chi connectivity index (χ3n) is 2.74. The number of alkyl carbamates (subject to hydrolysis) is 1. The summed E-state index contributed by atoms with van der Waals surface area (Å²) in [5.41, 5.74) is 0.744. The molecule has 1 rings (SSSR count).